The lowest BCUT2D eigenvalue weighted by molar-refractivity contribution is -0.137. The van der Waals surface area contributed by atoms with Gasteiger partial charge in [0.05, 0.1) is 11.6 Å². The maximum absolute atomic E-state index is 13.5. The average Bonchev–Trinajstić information content (AvgIpc) is 3.71. The van der Waals surface area contributed by atoms with E-state index in [4.69, 9.17) is 10.7 Å². The summed E-state index contributed by atoms with van der Waals surface area (Å²) in [6, 6.07) is 12.2. The molecule has 2 aliphatic heterocycles. The maximum atomic E-state index is 13.5. The quantitative estimate of drug-likeness (QED) is 0.300. The van der Waals surface area contributed by atoms with Crippen LogP contribution in [0.25, 0.3) is 16.8 Å². The van der Waals surface area contributed by atoms with Crippen molar-refractivity contribution in [2.24, 2.45) is 5.92 Å². The number of benzene rings is 2. The monoisotopic (exact) mass is 573 g/mol. The van der Waals surface area contributed by atoms with E-state index in [9.17, 15) is 23.1 Å². The zero-order valence-electron chi connectivity index (χ0n) is 22.8. The van der Waals surface area contributed by atoms with Gasteiger partial charge in [0.1, 0.15) is 28.5 Å². The highest BCUT2D eigenvalue weighted by molar-refractivity contribution is 5.86. The van der Waals surface area contributed by atoms with Crippen molar-refractivity contribution < 1.29 is 23.1 Å². The minimum atomic E-state index is -4.51. The van der Waals surface area contributed by atoms with E-state index in [1.807, 2.05) is 27.6 Å². The fourth-order valence-corrected chi connectivity index (χ4v) is 6.83. The van der Waals surface area contributed by atoms with Crippen LogP contribution in [-0.2, 0) is 16.6 Å². The number of aliphatic hydroxyl groups is 1. The van der Waals surface area contributed by atoms with Crippen LogP contribution >= 0.6 is 0 Å². The van der Waals surface area contributed by atoms with Gasteiger partial charge in [-0.25, -0.2) is 9.97 Å². The van der Waals surface area contributed by atoms with Crippen molar-refractivity contribution in [3.63, 3.8) is 0 Å². The third kappa shape index (κ3) is 4.19. The van der Waals surface area contributed by atoms with Crippen molar-refractivity contribution >= 4 is 17.2 Å². The number of rotatable bonds is 5. The first kappa shape index (κ1) is 26.7. The summed E-state index contributed by atoms with van der Waals surface area (Å²) < 4.78 is 42.4. The lowest BCUT2D eigenvalue weighted by Gasteiger charge is -2.34. The highest BCUT2D eigenvalue weighted by Crippen LogP contribution is 2.50. The maximum Gasteiger partial charge on any atom is 0.416 e. The number of hydrogen-bond acceptors (Lipinski definition) is 5. The number of piperidine rings is 1. The summed E-state index contributed by atoms with van der Waals surface area (Å²) in [6.07, 6.45) is 2.45. The standard InChI is InChI=1S/C32H30F3N5O2/c1-18-15-26(41)40-17-20(7-12-25(18)40)30-38-27(28-29(36)37-13-14-39(28)30)19-5-8-21(9-6-19)31(42,22-10-11-22)23-3-2-4-24(16-23)32(33,34)35/h2-6,8-9,13-14,16,20,22,25,42H,1,7,10-12,15,17H2,(H2,36,37)/t20-,25+,31?/m1/s1. The van der Waals surface area contributed by atoms with Crippen molar-refractivity contribution in [1.29, 1.82) is 0 Å². The van der Waals surface area contributed by atoms with E-state index >= 15 is 0 Å². The molecule has 0 bridgehead atoms. The van der Waals surface area contributed by atoms with E-state index in [2.05, 4.69) is 11.6 Å². The van der Waals surface area contributed by atoms with Crippen LogP contribution in [0, 0.1) is 5.92 Å². The molecule has 10 heteroatoms. The summed E-state index contributed by atoms with van der Waals surface area (Å²) in [5.41, 5.74) is 7.75. The van der Waals surface area contributed by atoms with Gasteiger partial charge in [-0.2, -0.15) is 13.2 Å². The Labute approximate surface area is 240 Å². The Morgan fingerprint density at radius 1 is 1.00 bits per heavy atom. The first-order chi connectivity index (χ1) is 20.1. The van der Waals surface area contributed by atoms with Crippen LogP contribution in [0.4, 0.5) is 19.0 Å². The summed E-state index contributed by atoms with van der Waals surface area (Å²) in [4.78, 5) is 23.8. The number of fused-ring (bicyclic) bond motifs is 2. The first-order valence-corrected chi connectivity index (χ1v) is 14.2. The molecule has 3 aliphatic rings. The molecule has 1 unspecified atom stereocenters. The fraction of sp³-hybridized carbons (Fsp3) is 0.344. The molecule has 2 aromatic heterocycles. The second-order valence-electron chi connectivity index (χ2n) is 11.7. The van der Waals surface area contributed by atoms with Gasteiger partial charge in [0.2, 0.25) is 5.91 Å². The van der Waals surface area contributed by atoms with Crippen molar-refractivity contribution in [2.75, 3.05) is 12.3 Å². The van der Waals surface area contributed by atoms with Crippen LogP contribution in [-0.4, -0.2) is 42.9 Å². The predicted molar refractivity (Wildman–Crippen MR) is 151 cm³/mol. The van der Waals surface area contributed by atoms with E-state index in [1.54, 1.807) is 24.4 Å². The number of halogens is 3. The van der Waals surface area contributed by atoms with Gasteiger partial charge < -0.3 is 15.7 Å². The summed E-state index contributed by atoms with van der Waals surface area (Å²) in [6.45, 7) is 4.64. The molecule has 0 radical (unpaired) electrons. The Balaban J connectivity index is 1.26. The van der Waals surface area contributed by atoms with Crippen molar-refractivity contribution in [3.8, 4) is 11.3 Å². The molecule has 216 valence electrons. The second-order valence-corrected chi connectivity index (χ2v) is 11.7. The Morgan fingerprint density at radius 2 is 1.74 bits per heavy atom. The van der Waals surface area contributed by atoms with Crippen LogP contribution in [0.2, 0.25) is 0 Å². The van der Waals surface area contributed by atoms with E-state index in [-0.39, 0.29) is 29.3 Å². The van der Waals surface area contributed by atoms with Gasteiger partial charge in [0.15, 0.2) is 0 Å². The summed E-state index contributed by atoms with van der Waals surface area (Å²) in [5.74, 6) is 1.02. The van der Waals surface area contributed by atoms with E-state index < -0.39 is 17.3 Å². The molecule has 7 rings (SSSR count). The fourth-order valence-electron chi connectivity index (χ4n) is 6.83. The SMILES string of the molecule is C=C1CC(=O)N2C[C@H](c3nc(-c4ccc(C(O)(c5cccc(C(F)(F)F)c5)C5CC5)cc4)c4c(N)nccn34)CC[C@@H]12. The molecule has 3 fully saturated rings. The van der Waals surface area contributed by atoms with Gasteiger partial charge in [-0.3, -0.25) is 9.20 Å². The van der Waals surface area contributed by atoms with Crippen LogP contribution < -0.4 is 5.73 Å². The molecule has 7 nitrogen and oxygen atoms in total. The number of nitrogens with zero attached hydrogens (tertiary/aromatic N) is 4. The lowest BCUT2D eigenvalue weighted by Crippen LogP contribution is -2.41. The highest BCUT2D eigenvalue weighted by atomic mass is 19.4. The van der Waals surface area contributed by atoms with Crippen LogP contribution in [0.3, 0.4) is 0 Å². The first-order valence-electron chi connectivity index (χ1n) is 14.2. The Kier molecular flexibility index (Phi) is 5.99. The molecule has 3 atom stereocenters. The zero-order valence-corrected chi connectivity index (χ0v) is 22.8. The Hall–Kier alpha value is -4.18. The van der Waals surface area contributed by atoms with E-state index in [0.717, 1.165) is 54.8 Å². The lowest BCUT2D eigenvalue weighted by atomic mass is 9.81. The number of amides is 1. The molecule has 2 aromatic carbocycles. The van der Waals surface area contributed by atoms with Crippen LogP contribution in [0.15, 0.2) is 73.1 Å². The molecule has 1 aliphatic carbocycles. The van der Waals surface area contributed by atoms with Crippen LogP contribution in [0.5, 0.6) is 0 Å². The Bertz CT molecular complexity index is 1730. The van der Waals surface area contributed by atoms with Gasteiger partial charge in [-0.1, -0.05) is 43.0 Å². The third-order valence-corrected chi connectivity index (χ3v) is 9.12. The molecule has 1 amide bonds. The minimum absolute atomic E-state index is 0.000657. The van der Waals surface area contributed by atoms with E-state index in [1.165, 1.54) is 6.07 Å². The summed E-state index contributed by atoms with van der Waals surface area (Å²) in [5, 5.41) is 11.9. The molecule has 42 heavy (non-hydrogen) atoms. The molecule has 4 aromatic rings. The number of carbonyl (C=O) groups is 1. The normalized spacial score (nSPS) is 22.4. The minimum Gasteiger partial charge on any atom is -0.382 e. The zero-order chi connectivity index (χ0) is 29.4. The van der Waals surface area contributed by atoms with Gasteiger partial charge in [-0.15, -0.1) is 0 Å². The number of nitrogens with two attached hydrogens (primary N) is 1. The third-order valence-electron chi connectivity index (χ3n) is 9.12. The smallest absolute Gasteiger partial charge is 0.382 e. The highest BCUT2D eigenvalue weighted by Gasteiger charge is 2.47. The number of nitrogen functional groups attached to an aromatic ring is 1. The molecule has 1 saturated carbocycles. The second kappa shape index (κ2) is 9.42. The summed E-state index contributed by atoms with van der Waals surface area (Å²) in [7, 11) is 0. The molecule has 4 heterocycles. The number of imidazole rings is 1. The van der Waals surface area contributed by atoms with Crippen molar-refractivity contribution in [2.45, 2.75) is 55.8 Å². The molecular weight excluding hydrogens is 543 g/mol. The largest absolute Gasteiger partial charge is 0.416 e. The van der Waals surface area contributed by atoms with Gasteiger partial charge in [-0.05, 0) is 60.4 Å². The number of aromatic nitrogens is 3. The molecular formula is C32H30F3N5O2. The number of carbonyl (C=O) groups excluding carboxylic acids is 1. The van der Waals surface area contributed by atoms with Gasteiger partial charge in [0, 0.05) is 36.8 Å². The van der Waals surface area contributed by atoms with Crippen LogP contribution in [0.1, 0.15) is 60.5 Å². The number of alkyl halides is 3. The predicted octanol–water partition coefficient (Wildman–Crippen LogP) is 5.68. The van der Waals surface area contributed by atoms with Crippen molar-refractivity contribution in [3.05, 3.63) is 95.6 Å². The summed E-state index contributed by atoms with van der Waals surface area (Å²) >= 11 is 0. The average molecular weight is 574 g/mol. The Morgan fingerprint density at radius 3 is 2.45 bits per heavy atom. The van der Waals surface area contributed by atoms with Gasteiger partial charge in [0.25, 0.3) is 0 Å². The molecule has 0 spiro atoms. The molecule has 3 N–H and O–H groups in total. The van der Waals surface area contributed by atoms with E-state index in [0.29, 0.717) is 35.6 Å². The topological polar surface area (TPSA) is 96.8 Å². The number of anilines is 1. The van der Waals surface area contributed by atoms with Gasteiger partial charge >= 0.3 is 6.18 Å². The molecule has 2 saturated heterocycles. The number of hydrogen-bond donors (Lipinski definition) is 2. The van der Waals surface area contributed by atoms with Crippen molar-refractivity contribution in [1.82, 2.24) is 19.3 Å².